The third-order valence-corrected chi connectivity index (χ3v) is 4.87. The molecule has 0 N–H and O–H groups in total. The standard InChI is InChI=1S/C15H21NO2/c1-14(2)12-6-5-11(18-4)8-15(12,3)7-10(9-16)13(14)17/h7,11-12H,5-6,8H2,1-4H3/t11-,12+,15+/m0/s1. The van der Waals surface area contributed by atoms with Gasteiger partial charge in [-0.1, -0.05) is 26.8 Å². The Hall–Kier alpha value is -1.14. The largest absolute Gasteiger partial charge is 0.381 e. The zero-order chi connectivity index (χ0) is 13.6. The van der Waals surface area contributed by atoms with E-state index in [1.54, 1.807) is 7.11 Å². The first-order valence-corrected chi connectivity index (χ1v) is 6.55. The SMILES string of the molecule is CO[C@H]1CC[C@@H]2C(C)(C)C(=O)C(C#N)=C[C@]2(C)C1. The number of hydrogen-bond acceptors (Lipinski definition) is 3. The third-order valence-electron chi connectivity index (χ3n) is 4.87. The summed E-state index contributed by atoms with van der Waals surface area (Å²) in [5, 5.41) is 9.15. The van der Waals surface area contributed by atoms with E-state index in [-0.39, 0.29) is 17.3 Å². The zero-order valence-corrected chi connectivity index (χ0v) is 11.6. The smallest absolute Gasteiger partial charge is 0.178 e. The quantitative estimate of drug-likeness (QED) is 0.716. The molecule has 0 heterocycles. The summed E-state index contributed by atoms with van der Waals surface area (Å²) < 4.78 is 5.47. The van der Waals surface area contributed by atoms with Crippen LogP contribution in [0.2, 0.25) is 0 Å². The van der Waals surface area contributed by atoms with Gasteiger partial charge < -0.3 is 4.74 Å². The molecule has 3 nitrogen and oxygen atoms in total. The first kappa shape index (κ1) is 13.3. The van der Waals surface area contributed by atoms with Crippen molar-refractivity contribution in [3.05, 3.63) is 11.6 Å². The Balaban J connectivity index is 2.46. The summed E-state index contributed by atoms with van der Waals surface area (Å²) in [7, 11) is 1.74. The molecule has 2 aliphatic carbocycles. The van der Waals surface area contributed by atoms with Gasteiger partial charge in [-0.05, 0) is 30.6 Å². The van der Waals surface area contributed by atoms with Crippen molar-refractivity contribution < 1.29 is 9.53 Å². The van der Waals surface area contributed by atoms with Crippen LogP contribution in [0.4, 0.5) is 0 Å². The van der Waals surface area contributed by atoms with Gasteiger partial charge in [0.25, 0.3) is 0 Å². The van der Waals surface area contributed by atoms with Gasteiger partial charge >= 0.3 is 0 Å². The van der Waals surface area contributed by atoms with Gasteiger partial charge in [-0.3, -0.25) is 4.79 Å². The fourth-order valence-corrected chi connectivity index (χ4v) is 3.95. The molecule has 2 aliphatic rings. The predicted octanol–water partition coefficient (Wildman–Crippen LogP) is 2.87. The first-order chi connectivity index (χ1) is 8.35. The molecule has 98 valence electrons. The molecule has 0 unspecified atom stereocenters. The first-order valence-electron chi connectivity index (χ1n) is 6.55. The molecule has 0 aromatic rings. The highest BCUT2D eigenvalue weighted by Gasteiger charge is 2.53. The second-order valence-corrected chi connectivity index (χ2v) is 6.42. The Morgan fingerprint density at radius 1 is 1.39 bits per heavy atom. The monoisotopic (exact) mass is 247 g/mol. The van der Waals surface area contributed by atoms with Crippen molar-refractivity contribution in [3.63, 3.8) is 0 Å². The van der Waals surface area contributed by atoms with Gasteiger partial charge in [-0.25, -0.2) is 0 Å². The summed E-state index contributed by atoms with van der Waals surface area (Å²) in [6.45, 7) is 6.12. The summed E-state index contributed by atoms with van der Waals surface area (Å²) in [6.07, 6.45) is 5.03. The minimum atomic E-state index is -0.437. The average Bonchev–Trinajstić information content (AvgIpc) is 2.33. The lowest BCUT2D eigenvalue weighted by molar-refractivity contribution is -0.133. The van der Waals surface area contributed by atoms with Crippen LogP contribution in [0.25, 0.3) is 0 Å². The highest BCUT2D eigenvalue weighted by Crippen LogP contribution is 2.55. The fraction of sp³-hybridized carbons (Fsp3) is 0.733. The molecule has 0 radical (unpaired) electrons. The molecular formula is C15H21NO2. The number of ether oxygens (including phenoxy) is 1. The Bertz CT molecular complexity index is 444. The van der Waals surface area contributed by atoms with E-state index in [1.165, 1.54) is 0 Å². The van der Waals surface area contributed by atoms with E-state index in [2.05, 4.69) is 13.0 Å². The number of Topliss-reactive ketones (excluding diaryl/α,β-unsaturated/α-hetero) is 1. The molecule has 1 saturated carbocycles. The van der Waals surface area contributed by atoms with Gasteiger partial charge in [-0.15, -0.1) is 0 Å². The Morgan fingerprint density at radius 2 is 2.06 bits per heavy atom. The van der Waals surface area contributed by atoms with Crippen LogP contribution in [0.5, 0.6) is 0 Å². The van der Waals surface area contributed by atoms with Crippen molar-refractivity contribution in [2.24, 2.45) is 16.7 Å². The Kier molecular flexibility index (Phi) is 3.11. The molecule has 1 fully saturated rings. The van der Waals surface area contributed by atoms with Crippen molar-refractivity contribution in [1.82, 2.24) is 0 Å². The van der Waals surface area contributed by atoms with Crippen molar-refractivity contribution in [2.75, 3.05) is 7.11 Å². The fourth-order valence-electron chi connectivity index (χ4n) is 3.95. The molecule has 0 aromatic heterocycles. The molecule has 18 heavy (non-hydrogen) atoms. The lowest BCUT2D eigenvalue weighted by Gasteiger charge is -2.51. The van der Waals surface area contributed by atoms with Gasteiger partial charge in [0.15, 0.2) is 5.78 Å². The maximum Gasteiger partial charge on any atom is 0.178 e. The van der Waals surface area contributed by atoms with E-state index in [4.69, 9.17) is 10.00 Å². The van der Waals surface area contributed by atoms with E-state index in [0.29, 0.717) is 11.5 Å². The number of allylic oxidation sites excluding steroid dienone is 2. The summed E-state index contributed by atoms with van der Waals surface area (Å²) >= 11 is 0. The van der Waals surface area contributed by atoms with E-state index < -0.39 is 5.41 Å². The topological polar surface area (TPSA) is 50.1 Å². The average molecular weight is 247 g/mol. The van der Waals surface area contributed by atoms with Crippen LogP contribution in [0.15, 0.2) is 11.6 Å². The van der Waals surface area contributed by atoms with Crippen LogP contribution >= 0.6 is 0 Å². The number of nitrogens with zero attached hydrogens (tertiary/aromatic N) is 1. The van der Waals surface area contributed by atoms with Crippen molar-refractivity contribution in [1.29, 1.82) is 5.26 Å². The Labute approximate surface area is 109 Å². The molecule has 0 aromatic carbocycles. The normalized spacial score (nSPS) is 38.6. The number of carbonyl (C=O) groups is 1. The van der Waals surface area contributed by atoms with Crippen LogP contribution < -0.4 is 0 Å². The maximum atomic E-state index is 12.3. The van der Waals surface area contributed by atoms with Crippen LogP contribution in [0, 0.1) is 28.1 Å². The van der Waals surface area contributed by atoms with E-state index in [9.17, 15) is 4.79 Å². The summed E-state index contributed by atoms with van der Waals surface area (Å²) in [4.78, 5) is 12.3. The molecule has 0 aliphatic heterocycles. The highest BCUT2D eigenvalue weighted by molar-refractivity contribution is 6.04. The van der Waals surface area contributed by atoms with E-state index in [1.807, 2.05) is 19.9 Å². The number of fused-ring (bicyclic) bond motifs is 1. The summed E-state index contributed by atoms with van der Waals surface area (Å²) in [5.74, 6) is 0.310. The second kappa shape index (κ2) is 4.20. The van der Waals surface area contributed by atoms with Gasteiger partial charge in [0.1, 0.15) is 6.07 Å². The molecule has 0 saturated heterocycles. The van der Waals surface area contributed by atoms with Crippen molar-refractivity contribution in [3.8, 4) is 6.07 Å². The minimum absolute atomic E-state index is 0.00309. The molecule has 0 amide bonds. The molecule has 0 spiro atoms. The number of ketones is 1. The minimum Gasteiger partial charge on any atom is -0.381 e. The van der Waals surface area contributed by atoms with Crippen LogP contribution in [0.3, 0.4) is 0 Å². The van der Waals surface area contributed by atoms with Crippen molar-refractivity contribution in [2.45, 2.75) is 46.1 Å². The number of rotatable bonds is 1. The molecule has 2 rings (SSSR count). The van der Waals surface area contributed by atoms with Crippen LogP contribution in [-0.2, 0) is 9.53 Å². The third kappa shape index (κ3) is 1.80. The van der Waals surface area contributed by atoms with E-state index >= 15 is 0 Å². The summed E-state index contributed by atoms with van der Waals surface area (Å²) in [5.41, 5.74) is -0.204. The summed E-state index contributed by atoms with van der Waals surface area (Å²) in [6, 6.07) is 2.07. The van der Waals surface area contributed by atoms with Gasteiger partial charge in [0.05, 0.1) is 11.7 Å². The second-order valence-electron chi connectivity index (χ2n) is 6.42. The molecular weight excluding hydrogens is 226 g/mol. The van der Waals surface area contributed by atoms with Gasteiger partial charge in [0.2, 0.25) is 0 Å². The van der Waals surface area contributed by atoms with Crippen LogP contribution in [-0.4, -0.2) is 19.0 Å². The predicted molar refractivity (Wildman–Crippen MR) is 68.7 cm³/mol. The molecule has 3 atom stereocenters. The maximum absolute atomic E-state index is 12.3. The highest BCUT2D eigenvalue weighted by atomic mass is 16.5. The number of carbonyl (C=O) groups excluding carboxylic acids is 1. The lowest BCUT2D eigenvalue weighted by atomic mass is 9.52. The zero-order valence-electron chi connectivity index (χ0n) is 11.6. The van der Waals surface area contributed by atoms with Gasteiger partial charge in [0, 0.05) is 12.5 Å². The molecule has 0 bridgehead atoms. The number of hydrogen-bond donors (Lipinski definition) is 0. The van der Waals surface area contributed by atoms with Gasteiger partial charge in [-0.2, -0.15) is 5.26 Å². The lowest BCUT2D eigenvalue weighted by Crippen LogP contribution is -2.50. The molecule has 3 heteroatoms. The van der Waals surface area contributed by atoms with E-state index in [0.717, 1.165) is 19.3 Å². The van der Waals surface area contributed by atoms with Crippen LogP contribution in [0.1, 0.15) is 40.0 Å². The number of nitriles is 1. The Morgan fingerprint density at radius 3 is 2.61 bits per heavy atom. The number of methoxy groups -OCH3 is 1. The van der Waals surface area contributed by atoms with Crippen molar-refractivity contribution >= 4 is 5.78 Å².